The molecule has 0 amide bonds. The Kier molecular flexibility index (Phi) is 2.87. The normalized spacial score (nSPS) is 37.1. The topological polar surface area (TPSA) is 49.7 Å². The Hall–Kier alpha value is -0.120. The molecule has 1 saturated heterocycles. The molecule has 4 atom stereocenters. The predicted molar refractivity (Wildman–Crippen MR) is 41.3 cm³/mol. The van der Waals surface area contributed by atoms with Crippen LogP contribution in [0.1, 0.15) is 26.7 Å². The Labute approximate surface area is 67.0 Å². The zero-order valence-electron chi connectivity index (χ0n) is 7.03. The van der Waals surface area contributed by atoms with Crippen molar-refractivity contribution in [3.8, 4) is 0 Å². The average Bonchev–Trinajstić information content (AvgIpc) is 2.33. The lowest BCUT2D eigenvalue weighted by Crippen LogP contribution is -2.27. The molecular formula is C8H16O3. The van der Waals surface area contributed by atoms with Crippen molar-refractivity contribution in [2.45, 2.75) is 51.1 Å². The minimum absolute atomic E-state index is 0.0744. The van der Waals surface area contributed by atoms with Gasteiger partial charge in [-0.1, -0.05) is 0 Å². The Bertz CT molecular complexity index is 109. The highest BCUT2D eigenvalue weighted by Gasteiger charge is 2.30. The fourth-order valence-corrected chi connectivity index (χ4v) is 1.40. The van der Waals surface area contributed by atoms with Crippen LogP contribution in [-0.4, -0.2) is 34.6 Å². The molecular weight excluding hydrogens is 144 g/mol. The second-order valence-corrected chi connectivity index (χ2v) is 3.27. The summed E-state index contributed by atoms with van der Waals surface area (Å²) in [4.78, 5) is 0. The molecule has 1 heterocycles. The number of hydrogen-bond acceptors (Lipinski definition) is 3. The van der Waals surface area contributed by atoms with Crippen molar-refractivity contribution in [3.63, 3.8) is 0 Å². The average molecular weight is 160 g/mol. The van der Waals surface area contributed by atoms with Gasteiger partial charge in [0.25, 0.3) is 0 Å². The first-order chi connectivity index (χ1) is 5.11. The first kappa shape index (κ1) is 8.97. The van der Waals surface area contributed by atoms with Gasteiger partial charge in [-0.05, 0) is 26.7 Å². The van der Waals surface area contributed by atoms with E-state index in [2.05, 4.69) is 0 Å². The molecule has 1 rings (SSSR count). The number of aliphatic hydroxyl groups excluding tert-OH is 2. The molecule has 0 aromatic rings. The molecule has 66 valence electrons. The van der Waals surface area contributed by atoms with E-state index in [0.717, 1.165) is 12.8 Å². The molecule has 0 aromatic carbocycles. The van der Waals surface area contributed by atoms with Crippen LogP contribution < -0.4 is 0 Å². The summed E-state index contributed by atoms with van der Waals surface area (Å²) in [6.07, 6.45) is 0.724. The Morgan fingerprint density at radius 1 is 1.09 bits per heavy atom. The third-order valence-electron chi connectivity index (χ3n) is 2.16. The summed E-state index contributed by atoms with van der Waals surface area (Å²) in [5.41, 5.74) is 0. The zero-order chi connectivity index (χ0) is 8.43. The summed E-state index contributed by atoms with van der Waals surface area (Å²) in [6, 6.07) is 0. The molecule has 0 unspecified atom stereocenters. The molecule has 3 heteroatoms. The van der Waals surface area contributed by atoms with Crippen LogP contribution in [0.3, 0.4) is 0 Å². The largest absolute Gasteiger partial charge is 0.391 e. The summed E-state index contributed by atoms with van der Waals surface area (Å²) < 4.78 is 5.38. The number of hydrogen-bond donors (Lipinski definition) is 2. The summed E-state index contributed by atoms with van der Waals surface area (Å²) in [6.45, 7) is 3.43. The van der Waals surface area contributed by atoms with E-state index in [1.54, 1.807) is 13.8 Å². The monoisotopic (exact) mass is 160 g/mol. The fourth-order valence-electron chi connectivity index (χ4n) is 1.40. The van der Waals surface area contributed by atoms with E-state index in [4.69, 9.17) is 14.9 Å². The predicted octanol–water partition coefficient (Wildman–Crippen LogP) is 0.296. The molecule has 0 saturated carbocycles. The SMILES string of the molecule is C[C@@H](O)[C@H]1CC[C@H]([C@@H](C)O)O1. The van der Waals surface area contributed by atoms with Crippen molar-refractivity contribution < 1.29 is 14.9 Å². The van der Waals surface area contributed by atoms with Crippen LogP contribution in [0.4, 0.5) is 0 Å². The summed E-state index contributed by atoms with van der Waals surface area (Å²) in [5.74, 6) is 0. The number of aliphatic hydroxyl groups is 2. The van der Waals surface area contributed by atoms with Crippen molar-refractivity contribution in [1.82, 2.24) is 0 Å². The van der Waals surface area contributed by atoms with Gasteiger partial charge in [-0.15, -0.1) is 0 Å². The summed E-state index contributed by atoms with van der Waals surface area (Å²) >= 11 is 0. The molecule has 1 aliphatic heterocycles. The summed E-state index contributed by atoms with van der Waals surface area (Å²) in [7, 11) is 0. The maximum absolute atomic E-state index is 9.15. The van der Waals surface area contributed by atoms with E-state index < -0.39 is 12.2 Å². The zero-order valence-corrected chi connectivity index (χ0v) is 7.03. The summed E-state index contributed by atoms with van der Waals surface area (Å²) in [5, 5.41) is 18.3. The van der Waals surface area contributed by atoms with Gasteiger partial charge in [0.2, 0.25) is 0 Å². The van der Waals surface area contributed by atoms with E-state index in [0.29, 0.717) is 0 Å². The quantitative estimate of drug-likeness (QED) is 0.610. The highest BCUT2D eigenvalue weighted by molar-refractivity contribution is 4.79. The first-order valence-corrected chi connectivity index (χ1v) is 4.13. The second-order valence-electron chi connectivity index (χ2n) is 3.27. The second kappa shape index (κ2) is 3.52. The Morgan fingerprint density at radius 2 is 1.45 bits per heavy atom. The maximum atomic E-state index is 9.15. The van der Waals surface area contributed by atoms with Gasteiger partial charge in [-0.3, -0.25) is 0 Å². The standard InChI is InChI=1S/C8H16O3/c1-5(9)7-3-4-8(11-7)6(2)10/h5-10H,3-4H2,1-2H3/t5-,6-,7-,8-/m1/s1. The van der Waals surface area contributed by atoms with E-state index in [-0.39, 0.29) is 12.2 Å². The lowest BCUT2D eigenvalue weighted by atomic mass is 10.1. The molecule has 2 N–H and O–H groups in total. The van der Waals surface area contributed by atoms with Crippen LogP contribution in [0.5, 0.6) is 0 Å². The molecule has 0 aliphatic carbocycles. The van der Waals surface area contributed by atoms with Gasteiger partial charge in [0.1, 0.15) is 0 Å². The molecule has 0 bridgehead atoms. The number of rotatable bonds is 2. The van der Waals surface area contributed by atoms with Gasteiger partial charge >= 0.3 is 0 Å². The van der Waals surface area contributed by atoms with E-state index in [9.17, 15) is 0 Å². The van der Waals surface area contributed by atoms with Crippen molar-refractivity contribution in [2.75, 3.05) is 0 Å². The molecule has 0 spiro atoms. The van der Waals surface area contributed by atoms with Gasteiger partial charge in [-0.2, -0.15) is 0 Å². The smallest absolute Gasteiger partial charge is 0.0837 e. The van der Waals surface area contributed by atoms with Crippen molar-refractivity contribution >= 4 is 0 Å². The lowest BCUT2D eigenvalue weighted by Gasteiger charge is -2.17. The third kappa shape index (κ3) is 2.15. The minimum Gasteiger partial charge on any atom is -0.391 e. The van der Waals surface area contributed by atoms with E-state index in [1.807, 2.05) is 0 Å². The van der Waals surface area contributed by atoms with Gasteiger partial charge in [0.15, 0.2) is 0 Å². The van der Waals surface area contributed by atoms with Crippen LogP contribution >= 0.6 is 0 Å². The van der Waals surface area contributed by atoms with Gasteiger partial charge in [0, 0.05) is 0 Å². The Morgan fingerprint density at radius 3 is 1.64 bits per heavy atom. The maximum Gasteiger partial charge on any atom is 0.0837 e. The van der Waals surface area contributed by atoms with Crippen LogP contribution in [0, 0.1) is 0 Å². The molecule has 11 heavy (non-hydrogen) atoms. The molecule has 0 aromatic heterocycles. The Balaban J connectivity index is 2.35. The molecule has 1 aliphatic rings. The number of ether oxygens (including phenoxy) is 1. The van der Waals surface area contributed by atoms with Crippen molar-refractivity contribution in [2.24, 2.45) is 0 Å². The highest BCUT2D eigenvalue weighted by atomic mass is 16.5. The lowest BCUT2D eigenvalue weighted by molar-refractivity contribution is -0.0651. The first-order valence-electron chi connectivity index (χ1n) is 4.13. The van der Waals surface area contributed by atoms with E-state index in [1.165, 1.54) is 0 Å². The van der Waals surface area contributed by atoms with Crippen LogP contribution in [-0.2, 0) is 4.74 Å². The van der Waals surface area contributed by atoms with Crippen LogP contribution in [0.25, 0.3) is 0 Å². The van der Waals surface area contributed by atoms with Gasteiger partial charge < -0.3 is 14.9 Å². The molecule has 1 fully saturated rings. The van der Waals surface area contributed by atoms with Crippen LogP contribution in [0.15, 0.2) is 0 Å². The molecule has 3 nitrogen and oxygen atoms in total. The fraction of sp³-hybridized carbons (Fsp3) is 1.00. The third-order valence-corrected chi connectivity index (χ3v) is 2.16. The minimum atomic E-state index is -0.418. The van der Waals surface area contributed by atoms with E-state index >= 15 is 0 Å². The van der Waals surface area contributed by atoms with Crippen molar-refractivity contribution in [1.29, 1.82) is 0 Å². The van der Waals surface area contributed by atoms with Crippen LogP contribution in [0.2, 0.25) is 0 Å². The van der Waals surface area contributed by atoms with Crippen molar-refractivity contribution in [3.05, 3.63) is 0 Å². The van der Waals surface area contributed by atoms with Gasteiger partial charge in [-0.25, -0.2) is 0 Å². The highest BCUT2D eigenvalue weighted by Crippen LogP contribution is 2.23. The molecule has 0 radical (unpaired) electrons. The van der Waals surface area contributed by atoms with Gasteiger partial charge in [0.05, 0.1) is 24.4 Å².